The highest BCUT2D eigenvalue weighted by Crippen LogP contribution is 2.31. The van der Waals surface area contributed by atoms with Crippen LogP contribution in [0, 0.1) is 5.92 Å². The van der Waals surface area contributed by atoms with E-state index in [2.05, 4.69) is 9.88 Å². The number of piperidine rings is 1. The van der Waals surface area contributed by atoms with E-state index < -0.39 is 0 Å². The standard InChI is InChI=1S/C19H27N3O2/c23-13-14-5-7-15(8-6-14)21-11-9-16(10-12-21)22-18-4-2-1-3-17(18)20-19(22)24/h1-4,14-16,23H,5-13H2,(H,20,24)/t14-,15-. The summed E-state index contributed by atoms with van der Waals surface area (Å²) in [6.07, 6.45) is 6.82. The Balaban J connectivity index is 1.43. The maximum atomic E-state index is 12.4. The van der Waals surface area contributed by atoms with Gasteiger partial charge in [0, 0.05) is 31.8 Å². The number of hydrogen-bond donors (Lipinski definition) is 2. The molecule has 0 spiro atoms. The van der Waals surface area contributed by atoms with Crippen LogP contribution in [0.15, 0.2) is 29.1 Å². The first-order chi connectivity index (χ1) is 11.8. The number of likely N-dealkylation sites (tertiary alicyclic amines) is 1. The minimum absolute atomic E-state index is 0.0260. The summed E-state index contributed by atoms with van der Waals surface area (Å²) in [7, 11) is 0. The van der Waals surface area contributed by atoms with E-state index in [-0.39, 0.29) is 5.69 Å². The monoisotopic (exact) mass is 329 g/mol. The predicted molar refractivity (Wildman–Crippen MR) is 95.2 cm³/mol. The topological polar surface area (TPSA) is 61.3 Å². The Morgan fingerprint density at radius 2 is 1.71 bits per heavy atom. The van der Waals surface area contributed by atoms with Crippen LogP contribution in [0.25, 0.3) is 11.0 Å². The summed E-state index contributed by atoms with van der Waals surface area (Å²) in [5.74, 6) is 0.517. The van der Waals surface area contributed by atoms with Crippen LogP contribution in [0.3, 0.4) is 0 Å². The van der Waals surface area contributed by atoms with Crippen molar-refractivity contribution in [3.63, 3.8) is 0 Å². The lowest BCUT2D eigenvalue weighted by Gasteiger charge is -2.40. The molecule has 24 heavy (non-hydrogen) atoms. The minimum atomic E-state index is 0.0260. The average Bonchev–Trinajstić information content (AvgIpc) is 2.98. The van der Waals surface area contributed by atoms with E-state index in [0.29, 0.717) is 24.6 Å². The quantitative estimate of drug-likeness (QED) is 0.909. The van der Waals surface area contributed by atoms with Gasteiger partial charge in [0.1, 0.15) is 0 Å². The summed E-state index contributed by atoms with van der Waals surface area (Å²) < 4.78 is 1.97. The molecular formula is C19H27N3O2. The highest BCUT2D eigenvalue weighted by atomic mass is 16.3. The molecular weight excluding hydrogens is 302 g/mol. The SMILES string of the molecule is O=c1[nH]c2ccccc2n1C1CCN([C@H]2CC[C@H](CO)CC2)CC1. The molecule has 2 aliphatic rings. The van der Waals surface area contributed by atoms with Crippen molar-refractivity contribution >= 4 is 11.0 Å². The number of rotatable bonds is 3. The maximum absolute atomic E-state index is 12.4. The molecule has 2 fully saturated rings. The summed E-state index contributed by atoms with van der Waals surface area (Å²) in [5.41, 5.74) is 2.00. The van der Waals surface area contributed by atoms with Crippen molar-refractivity contribution in [1.82, 2.24) is 14.5 Å². The Labute approximate surface area is 142 Å². The van der Waals surface area contributed by atoms with Gasteiger partial charge in [0.05, 0.1) is 11.0 Å². The molecule has 1 aromatic carbocycles. The molecule has 1 aliphatic heterocycles. The molecule has 0 atom stereocenters. The molecule has 0 radical (unpaired) electrons. The number of hydrogen-bond acceptors (Lipinski definition) is 3. The van der Waals surface area contributed by atoms with Crippen LogP contribution >= 0.6 is 0 Å². The normalized spacial score (nSPS) is 26.9. The number of benzene rings is 1. The second kappa shape index (κ2) is 6.73. The van der Waals surface area contributed by atoms with Gasteiger partial charge in [0.2, 0.25) is 0 Å². The first-order valence-electron chi connectivity index (χ1n) is 9.30. The van der Waals surface area contributed by atoms with Gasteiger partial charge in [-0.2, -0.15) is 0 Å². The fourth-order valence-corrected chi connectivity index (χ4v) is 4.64. The van der Waals surface area contributed by atoms with Crippen molar-refractivity contribution in [3.8, 4) is 0 Å². The number of H-pyrrole nitrogens is 1. The first-order valence-corrected chi connectivity index (χ1v) is 9.30. The van der Waals surface area contributed by atoms with Crippen LogP contribution in [0.4, 0.5) is 0 Å². The van der Waals surface area contributed by atoms with E-state index in [1.54, 1.807) is 0 Å². The third-order valence-electron chi connectivity index (χ3n) is 6.08. The highest BCUT2D eigenvalue weighted by molar-refractivity contribution is 5.75. The van der Waals surface area contributed by atoms with E-state index in [4.69, 9.17) is 0 Å². The van der Waals surface area contributed by atoms with Gasteiger partial charge in [-0.25, -0.2) is 4.79 Å². The summed E-state index contributed by atoms with van der Waals surface area (Å²) in [5, 5.41) is 9.29. The van der Waals surface area contributed by atoms with Gasteiger partial charge in [-0.3, -0.25) is 4.57 Å². The minimum Gasteiger partial charge on any atom is -0.396 e. The summed E-state index contributed by atoms with van der Waals surface area (Å²) in [6.45, 7) is 2.49. The third kappa shape index (κ3) is 2.91. The molecule has 2 heterocycles. The van der Waals surface area contributed by atoms with Crippen molar-refractivity contribution in [3.05, 3.63) is 34.7 Å². The number of aromatic amines is 1. The van der Waals surface area contributed by atoms with Gasteiger partial charge in [-0.15, -0.1) is 0 Å². The van der Waals surface area contributed by atoms with Crippen LogP contribution in [0.2, 0.25) is 0 Å². The largest absolute Gasteiger partial charge is 0.396 e. The number of fused-ring (bicyclic) bond motifs is 1. The van der Waals surface area contributed by atoms with Gasteiger partial charge < -0.3 is 15.0 Å². The third-order valence-corrected chi connectivity index (χ3v) is 6.08. The number of nitrogens with one attached hydrogen (secondary N) is 1. The molecule has 4 rings (SSSR count). The van der Waals surface area contributed by atoms with E-state index >= 15 is 0 Å². The Hall–Kier alpha value is -1.59. The molecule has 1 aliphatic carbocycles. The molecule has 2 aromatic rings. The maximum Gasteiger partial charge on any atom is 0.326 e. The van der Waals surface area contributed by atoms with Crippen LogP contribution in [0.5, 0.6) is 0 Å². The lowest BCUT2D eigenvalue weighted by atomic mass is 9.85. The Morgan fingerprint density at radius 1 is 1.00 bits per heavy atom. The molecule has 1 saturated heterocycles. The fraction of sp³-hybridized carbons (Fsp3) is 0.632. The fourth-order valence-electron chi connectivity index (χ4n) is 4.64. The number of aliphatic hydroxyl groups excluding tert-OH is 1. The van der Waals surface area contributed by atoms with Crippen molar-refractivity contribution in [2.75, 3.05) is 19.7 Å². The lowest BCUT2D eigenvalue weighted by Crippen LogP contribution is -2.44. The number of aliphatic hydroxyl groups is 1. The van der Waals surface area contributed by atoms with Crippen LogP contribution in [-0.4, -0.2) is 45.3 Å². The zero-order valence-corrected chi connectivity index (χ0v) is 14.2. The molecule has 0 bridgehead atoms. The number of nitrogens with zero attached hydrogens (tertiary/aromatic N) is 2. The van der Waals surface area contributed by atoms with E-state index in [0.717, 1.165) is 49.8 Å². The Morgan fingerprint density at radius 3 is 2.42 bits per heavy atom. The number of imidazole rings is 1. The average molecular weight is 329 g/mol. The summed E-state index contributed by atoms with van der Waals surface area (Å²) >= 11 is 0. The molecule has 0 amide bonds. The molecule has 5 nitrogen and oxygen atoms in total. The van der Waals surface area contributed by atoms with Crippen molar-refractivity contribution in [2.45, 2.75) is 50.6 Å². The molecule has 5 heteroatoms. The number of aromatic nitrogens is 2. The van der Waals surface area contributed by atoms with Crippen LogP contribution in [0.1, 0.15) is 44.6 Å². The molecule has 0 unspecified atom stereocenters. The second-order valence-electron chi connectivity index (χ2n) is 7.44. The molecule has 1 saturated carbocycles. The lowest BCUT2D eigenvalue weighted by molar-refractivity contribution is 0.0828. The van der Waals surface area contributed by atoms with Crippen LogP contribution < -0.4 is 5.69 Å². The highest BCUT2D eigenvalue weighted by Gasteiger charge is 2.30. The number of para-hydroxylation sites is 2. The van der Waals surface area contributed by atoms with Gasteiger partial charge in [-0.05, 0) is 56.6 Å². The summed E-state index contributed by atoms with van der Waals surface area (Å²) in [6, 6.07) is 8.96. The van der Waals surface area contributed by atoms with Crippen molar-refractivity contribution in [2.24, 2.45) is 5.92 Å². The van der Waals surface area contributed by atoms with Gasteiger partial charge in [0.25, 0.3) is 0 Å². The smallest absolute Gasteiger partial charge is 0.326 e. The predicted octanol–water partition coefficient (Wildman–Crippen LogP) is 2.52. The Bertz CT molecular complexity index is 734. The van der Waals surface area contributed by atoms with Crippen molar-refractivity contribution in [1.29, 1.82) is 0 Å². The van der Waals surface area contributed by atoms with Crippen LogP contribution in [-0.2, 0) is 0 Å². The molecule has 2 N–H and O–H groups in total. The van der Waals surface area contributed by atoms with Gasteiger partial charge in [0.15, 0.2) is 0 Å². The first kappa shape index (κ1) is 15.9. The van der Waals surface area contributed by atoms with E-state index in [1.807, 2.05) is 28.8 Å². The summed E-state index contributed by atoms with van der Waals surface area (Å²) in [4.78, 5) is 18.0. The van der Waals surface area contributed by atoms with Gasteiger partial charge in [-0.1, -0.05) is 12.1 Å². The zero-order valence-electron chi connectivity index (χ0n) is 14.2. The zero-order chi connectivity index (χ0) is 16.5. The van der Waals surface area contributed by atoms with E-state index in [1.165, 1.54) is 12.8 Å². The van der Waals surface area contributed by atoms with Crippen molar-refractivity contribution < 1.29 is 5.11 Å². The molecule has 130 valence electrons. The second-order valence-corrected chi connectivity index (χ2v) is 7.44. The molecule has 1 aromatic heterocycles. The Kier molecular flexibility index (Phi) is 4.46. The van der Waals surface area contributed by atoms with Gasteiger partial charge >= 0.3 is 5.69 Å². The van der Waals surface area contributed by atoms with E-state index in [9.17, 15) is 9.90 Å².